The molecule has 0 saturated heterocycles. The van der Waals surface area contributed by atoms with Gasteiger partial charge >= 0.3 is 5.97 Å². The standard InChI is InChI=1S/C12H15N3O3/c1-15-7-14-9-4-8(2-3-10(9)15)11(16)5-13-6-12(17)18/h2-4,7,11,13,16H,5-6H2,1H3,(H,17,18). The number of benzene rings is 1. The van der Waals surface area contributed by atoms with Crippen molar-refractivity contribution in [2.45, 2.75) is 6.10 Å². The van der Waals surface area contributed by atoms with E-state index >= 15 is 0 Å². The van der Waals surface area contributed by atoms with Crippen LogP contribution in [0.25, 0.3) is 11.0 Å². The molecular weight excluding hydrogens is 234 g/mol. The topological polar surface area (TPSA) is 87.4 Å². The first-order valence-corrected chi connectivity index (χ1v) is 5.59. The summed E-state index contributed by atoms with van der Waals surface area (Å²) in [7, 11) is 1.90. The highest BCUT2D eigenvalue weighted by Crippen LogP contribution is 2.18. The van der Waals surface area contributed by atoms with Crippen LogP contribution in [0.4, 0.5) is 0 Å². The number of aliphatic hydroxyl groups excluding tert-OH is 1. The predicted octanol–water partition coefficient (Wildman–Crippen LogP) is 0.281. The third kappa shape index (κ3) is 2.66. The fourth-order valence-corrected chi connectivity index (χ4v) is 1.79. The molecule has 1 aromatic carbocycles. The smallest absolute Gasteiger partial charge is 0.317 e. The van der Waals surface area contributed by atoms with Gasteiger partial charge in [0.05, 0.1) is 30.0 Å². The maximum atomic E-state index is 10.3. The number of aliphatic carboxylic acids is 1. The van der Waals surface area contributed by atoms with Crippen LogP contribution in [0.2, 0.25) is 0 Å². The number of hydrogen-bond donors (Lipinski definition) is 3. The average Bonchev–Trinajstić information content (AvgIpc) is 2.70. The molecule has 0 bridgehead atoms. The Labute approximate surface area is 104 Å². The molecule has 2 rings (SSSR count). The van der Waals surface area contributed by atoms with Gasteiger partial charge in [-0.1, -0.05) is 6.07 Å². The Bertz CT molecular complexity index is 565. The molecule has 6 heteroatoms. The van der Waals surface area contributed by atoms with Crippen molar-refractivity contribution in [3.8, 4) is 0 Å². The fraction of sp³-hybridized carbons (Fsp3) is 0.333. The maximum absolute atomic E-state index is 10.3. The number of carboxylic acids is 1. The molecule has 3 N–H and O–H groups in total. The van der Waals surface area contributed by atoms with Crippen LogP contribution in [0.15, 0.2) is 24.5 Å². The Balaban J connectivity index is 2.08. The second kappa shape index (κ2) is 5.16. The lowest BCUT2D eigenvalue weighted by atomic mass is 10.1. The number of nitrogens with one attached hydrogen (secondary N) is 1. The van der Waals surface area contributed by atoms with Crippen molar-refractivity contribution < 1.29 is 15.0 Å². The SMILES string of the molecule is Cn1cnc2cc(C(O)CNCC(=O)O)ccc21. The summed E-state index contributed by atoms with van der Waals surface area (Å²) in [6.07, 6.45) is 0.972. The van der Waals surface area contributed by atoms with Crippen LogP contribution in [-0.4, -0.2) is 38.8 Å². The minimum absolute atomic E-state index is 0.164. The molecule has 0 fully saturated rings. The van der Waals surface area contributed by atoms with E-state index in [1.807, 2.05) is 29.8 Å². The molecule has 0 saturated carbocycles. The second-order valence-corrected chi connectivity index (χ2v) is 4.14. The molecule has 0 aliphatic carbocycles. The van der Waals surface area contributed by atoms with Crippen LogP contribution in [0.3, 0.4) is 0 Å². The van der Waals surface area contributed by atoms with Gasteiger partial charge in [0.25, 0.3) is 0 Å². The zero-order valence-corrected chi connectivity index (χ0v) is 10.00. The number of carboxylic acid groups (broad SMARTS) is 1. The van der Waals surface area contributed by atoms with Gasteiger partial charge in [0.2, 0.25) is 0 Å². The van der Waals surface area contributed by atoms with Crippen molar-refractivity contribution in [3.05, 3.63) is 30.1 Å². The van der Waals surface area contributed by atoms with Crippen molar-refractivity contribution in [1.82, 2.24) is 14.9 Å². The van der Waals surface area contributed by atoms with Crippen LogP contribution in [0.5, 0.6) is 0 Å². The van der Waals surface area contributed by atoms with Crippen molar-refractivity contribution in [1.29, 1.82) is 0 Å². The van der Waals surface area contributed by atoms with E-state index < -0.39 is 12.1 Å². The minimum atomic E-state index is -0.942. The number of fused-ring (bicyclic) bond motifs is 1. The quantitative estimate of drug-likeness (QED) is 0.708. The number of nitrogens with zero attached hydrogens (tertiary/aromatic N) is 2. The monoisotopic (exact) mass is 249 g/mol. The number of hydrogen-bond acceptors (Lipinski definition) is 4. The summed E-state index contributed by atoms with van der Waals surface area (Å²) in [6.45, 7) is 0.0352. The summed E-state index contributed by atoms with van der Waals surface area (Å²) in [5, 5.41) is 21.1. The fourth-order valence-electron chi connectivity index (χ4n) is 1.79. The molecule has 0 radical (unpaired) electrons. The van der Waals surface area contributed by atoms with E-state index in [2.05, 4.69) is 10.3 Å². The van der Waals surface area contributed by atoms with E-state index in [4.69, 9.17) is 5.11 Å². The zero-order chi connectivity index (χ0) is 13.1. The number of carbonyl (C=O) groups is 1. The molecule has 18 heavy (non-hydrogen) atoms. The Morgan fingerprint density at radius 1 is 1.56 bits per heavy atom. The molecular formula is C12H15N3O3. The van der Waals surface area contributed by atoms with Crippen molar-refractivity contribution in [3.63, 3.8) is 0 Å². The number of imidazole rings is 1. The minimum Gasteiger partial charge on any atom is -0.480 e. The van der Waals surface area contributed by atoms with Crippen LogP contribution >= 0.6 is 0 Å². The highest BCUT2D eigenvalue weighted by Gasteiger charge is 2.10. The van der Waals surface area contributed by atoms with E-state index in [1.54, 1.807) is 6.33 Å². The van der Waals surface area contributed by atoms with Crippen molar-refractivity contribution in [2.24, 2.45) is 7.05 Å². The highest BCUT2D eigenvalue weighted by molar-refractivity contribution is 5.76. The van der Waals surface area contributed by atoms with E-state index in [9.17, 15) is 9.90 Å². The first-order valence-electron chi connectivity index (χ1n) is 5.59. The molecule has 0 spiro atoms. The van der Waals surface area contributed by atoms with Gasteiger partial charge < -0.3 is 20.1 Å². The lowest BCUT2D eigenvalue weighted by Gasteiger charge is -2.11. The van der Waals surface area contributed by atoms with Crippen LogP contribution in [0.1, 0.15) is 11.7 Å². The summed E-state index contributed by atoms with van der Waals surface area (Å²) < 4.78 is 1.90. The van der Waals surface area contributed by atoms with Gasteiger partial charge in [-0.25, -0.2) is 4.98 Å². The summed E-state index contributed by atoms with van der Waals surface area (Å²) in [5.74, 6) is -0.942. The molecule has 0 aliphatic rings. The largest absolute Gasteiger partial charge is 0.480 e. The Morgan fingerprint density at radius 3 is 3.06 bits per heavy atom. The molecule has 6 nitrogen and oxygen atoms in total. The Kier molecular flexibility index (Phi) is 3.59. The van der Waals surface area contributed by atoms with Gasteiger partial charge in [-0.15, -0.1) is 0 Å². The summed E-state index contributed by atoms with van der Waals surface area (Å²) in [5.41, 5.74) is 2.52. The third-order valence-corrected chi connectivity index (χ3v) is 2.75. The molecule has 96 valence electrons. The van der Waals surface area contributed by atoms with E-state index in [1.165, 1.54) is 0 Å². The van der Waals surface area contributed by atoms with E-state index in [-0.39, 0.29) is 13.1 Å². The summed E-state index contributed by atoms with van der Waals surface area (Å²) >= 11 is 0. The van der Waals surface area contributed by atoms with Gasteiger partial charge in [-0.2, -0.15) is 0 Å². The van der Waals surface area contributed by atoms with Gasteiger partial charge in [-0.05, 0) is 17.7 Å². The zero-order valence-electron chi connectivity index (χ0n) is 10.00. The first-order chi connectivity index (χ1) is 8.58. The number of aliphatic hydroxyl groups is 1. The van der Waals surface area contributed by atoms with Gasteiger partial charge in [0.1, 0.15) is 0 Å². The van der Waals surface area contributed by atoms with Gasteiger partial charge in [-0.3, -0.25) is 4.79 Å². The molecule has 2 aromatic rings. The van der Waals surface area contributed by atoms with Crippen LogP contribution in [-0.2, 0) is 11.8 Å². The second-order valence-electron chi connectivity index (χ2n) is 4.14. The lowest BCUT2D eigenvalue weighted by Crippen LogP contribution is -2.27. The summed E-state index contributed by atoms with van der Waals surface area (Å²) in [4.78, 5) is 14.5. The number of rotatable bonds is 5. The number of aromatic nitrogens is 2. The molecule has 0 amide bonds. The van der Waals surface area contributed by atoms with E-state index in [0.717, 1.165) is 16.6 Å². The molecule has 0 aliphatic heterocycles. The molecule has 1 aromatic heterocycles. The Morgan fingerprint density at radius 2 is 2.33 bits per heavy atom. The normalized spacial score (nSPS) is 12.8. The third-order valence-electron chi connectivity index (χ3n) is 2.75. The van der Waals surface area contributed by atoms with Crippen molar-refractivity contribution >= 4 is 17.0 Å². The molecule has 1 heterocycles. The van der Waals surface area contributed by atoms with Crippen LogP contribution < -0.4 is 5.32 Å². The van der Waals surface area contributed by atoms with Gasteiger partial charge in [0, 0.05) is 13.6 Å². The maximum Gasteiger partial charge on any atom is 0.317 e. The van der Waals surface area contributed by atoms with Crippen LogP contribution in [0, 0.1) is 0 Å². The van der Waals surface area contributed by atoms with Crippen molar-refractivity contribution in [2.75, 3.05) is 13.1 Å². The van der Waals surface area contributed by atoms with E-state index in [0.29, 0.717) is 0 Å². The molecule has 1 atom stereocenters. The van der Waals surface area contributed by atoms with Gasteiger partial charge in [0.15, 0.2) is 0 Å². The predicted molar refractivity (Wildman–Crippen MR) is 66.2 cm³/mol. The molecule has 1 unspecified atom stereocenters. The summed E-state index contributed by atoms with van der Waals surface area (Å²) in [6, 6.07) is 5.51. The average molecular weight is 249 g/mol. The Hall–Kier alpha value is -1.92. The first kappa shape index (κ1) is 12.5. The lowest BCUT2D eigenvalue weighted by molar-refractivity contribution is -0.136. The number of aryl methyl sites for hydroxylation is 1. The highest BCUT2D eigenvalue weighted by atomic mass is 16.4.